The Bertz CT molecular complexity index is 1470. The monoisotopic (exact) mass is 540 g/mol. The fraction of sp³-hybridized carbons (Fsp3) is 0.185. The number of benzene rings is 3. The Morgan fingerprint density at radius 3 is 2.49 bits per heavy atom. The Balaban J connectivity index is 1.35. The summed E-state index contributed by atoms with van der Waals surface area (Å²) in [4.78, 5) is 17.1. The molecule has 0 atom stereocenters. The Morgan fingerprint density at radius 2 is 1.73 bits per heavy atom. The second kappa shape index (κ2) is 12.1. The molecule has 3 aromatic carbocycles. The van der Waals surface area contributed by atoms with E-state index in [4.69, 9.17) is 11.6 Å². The Hall–Kier alpha value is -3.53. The maximum Gasteiger partial charge on any atom is 0.243 e. The number of sulfonamides is 1. The summed E-state index contributed by atoms with van der Waals surface area (Å²) in [5.74, 6) is -0.846. The van der Waals surface area contributed by atoms with E-state index in [1.54, 1.807) is 36.5 Å². The average Bonchev–Trinajstić information content (AvgIpc) is 2.89. The lowest BCUT2D eigenvalue weighted by Gasteiger charge is -2.22. The summed E-state index contributed by atoms with van der Waals surface area (Å²) >= 11 is 6.04. The Morgan fingerprint density at radius 1 is 0.973 bits per heavy atom. The molecule has 0 aliphatic heterocycles. The van der Waals surface area contributed by atoms with Gasteiger partial charge in [-0.2, -0.15) is 4.31 Å². The number of amides is 1. The predicted molar refractivity (Wildman–Crippen MR) is 143 cm³/mol. The molecule has 37 heavy (non-hydrogen) atoms. The van der Waals surface area contributed by atoms with Crippen molar-refractivity contribution in [2.75, 3.05) is 25.0 Å². The summed E-state index contributed by atoms with van der Waals surface area (Å²) in [5, 5.41) is 7.68. The zero-order chi connectivity index (χ0) is 26.3. The van der Waals surface area contributed by atoms with Gasteiger partial charge < -0.3 is 10.6 Å². The number of nitrogens with zero attached hydrogens (tertiary/aromatic N) is 2. The number of nitrogens with one attached hydrogen (secondary N) is 2. The number of hydrogen-bond acceptors (Lipinski definition) is 5. The summed E-state index contributed by atoms with van der Waals surface area (Å²) in [5.41, 5.74) is 2.27. The van der Waals surface area contributed by atoms with Crippen LogP contribution in [0.15, 0.2) is 90.0 Å². The highest BCUT2D eigenvalue weighted by Crippen LogP contribution is 2.24. The Kier molecular flexibility index (Phi) is 8.70. The van der Waals surface area contributed by atoms with E-state index >= 15 is 0 Å². The third kappa shape index (κ3) is 7.03. The lowest BCUT2D eigenvalue weighted by Crippen LogP contribution is -2.40. The predicted octanol–water partition coefficient (Wildman–Crippen LogP) is 4.84. The lowest BCUT2D eigenvalue weighted by molar-refractivity contribution is -0.121. The largest absolute Gasteiger partial charge is 0.384 e. The molecule has 0 saturated heterocycles. The number of carbonyl (C=O) groups excluding carboxylic acids is 1. The summed E-state index contributed by atoms with van der Waals surface area (Å²) in [6, 6.07) is 20.8. The quantitative estimate of drug-likeness (QED) is 0.266. The van der Waals surface area contributed by atoms with E-state index in [1.165, 1.54) is 36.4 Å². The van der Waals surface area contributed by atoms with Crippen molar-refractivity contribution in [2.24, 2.45) is 0 Å². The van der Waals surface area contributed by atoms with Crippen molar-refractivity contribution in [2.45, 2.75) is 17.9 Å². The van der Waals surface area contributed by atoms with Crippen LogP contribution in [-0.2, 0) is 21.4 Å². The van der Waals surface area contributed by atoms with E-state index in [0.29, 0.717) is 30.1 Å². The summed E-state index contributed by atoms with van der Waals surface area (Å²) in [7, 11) is -3.95. The van der Waals surface area contributed by atoms with Crippen LogP contribution in [-0.4, -0.2) is 43.2 Å². The number of aromatic nitrogens is 1. The summed E-state index contributed by atoms with van der Waals surface area (Å²) < 4.78 is 40.9. The van der Waals surface area contributed by atoms with Crippen LogP contribution in [0, 0.1) is 5.82 Å². The molecule has 2 N–H and O–H groups in total. The third-order valence-corrected chi connectivity index (χ3v) is 7.71. The third-order valence-electron chi connectivity index (χ3n) is 5.67. The number of pyridine rings is 1. The van der Waals surface area contributed by atoms with Crippen LogP contribution in [0.25, 0.3) is 10.9 Å². The van der Waals surface area contributed by atoms with Crippen molar-refractivity contribution >= 4 is 44.1 Å². The fourth-order valence-electron chi connectivity index (χ4n) is 3.79. The van der Waals surface area contributed by atoms with Crippen LogP contribution in [0.3, 0.4) is 0 Å². The summed E-state index contributed by atoms with van der Waals surface area (Å²) in [6.07, 6.45) is 2.32. The van der Waals surface area contributed by atoms with Crippen molar-refractivity contribution in [3.05, 3.63) is 101 Å². The molecule has 4 rings (SSSR count). The van der Waals surface area contributed by atoms with Crippen LogP contribution < -0.4 is 10.6 Å². The number of fused-ring (bicyclic) bond motifs is 1. The van der Waals surface area contributed by atoms with E-state index in [-0.39, 0.29) is 18.0 Å². The van der Waals surface area contributed by atoms with Gasteiger partial charge in [-0.25, -0.2) is 12.8 Å². The van der Waals surface area contributed by atoms with E-state index < -0.39 is 21.7 Å². The van der Waals surface area contributed by atoms with Crippen molar-refractivity contribution in [3.63, 3.8) is 0 Å². The minimum atomic E-state index is -3.95. The van der Waals surface area contributed by atoms with Gasteiger partial charge in [-0.15, -0.1) is 0 Å². The van der Waals surface area contributed by atoms with Gasteiger partial charge in [0.1, 0.15) is 5.82 Å². The van der Waals surface area contributed by atoms with Gasteiger partial charge in [0.25, 0.3) is 0 Å². The minimum absolute atomic E-state index is 0.0639. The molecule has 0 aliphatic carbocycles. The van der Waals surface area contributed by atoms with Crippen LogP contribution >= 0.6 is 11.6 Å². The molecular weight excluding hydrogens is 515 g/mol. The molecule has 7 nitrogen and oxygen atoms in total. The van der Waals surface area contributed by atoms with Gasteiger partial charge in [0.15, 0.2) is 0 Å². The number of anilines is 1. The molecule has 4 aromatic rings. The highest BCUT2D eigenvalue weighted by Gasteiger charge is 2.26. The molecule has 1 amide bonds. The van der Waals surface area contributed by atoms with Crippen molar-refractivity contribution in [1.29, 1.82) is 0 Å². The van der Waals surface area contributed by atoms with Gasteiger partial charge in [-0.05, 0) is 60.5 Å². The normalized spacial score (nSPS) is 11.5. The molecule has 0 aliphatic rings. The molecule has 0 fully saturated rings. The summed E-state index contributed by atoms with van der Waals surface area (Å²) in [6.45, 7) is 0.517. The first-order valence-corrected chi connectivity index (χ1v) is 13.5. The molecule has 0 saturated carbocycles. The maximum absolute atomic E-state index is 13.3. The van der Waals surface area contributed by atoms with Gasteiger partial charge in [-0.1, -0.05) is 41.9 Å². The number of halogens is 2. The number of hydrogen-bond donors (Lipinski definition) is 2. The molecular formula is C27H26ClFN4O3S. The second-order valence-electron chi connectivity index (χ2n) is 8.36. The van der Waals surface area contributed by atoms with Crippen LogP contribution in [0.2, 0.25) is 5.02 Å². The van der Waals surface area contributed by atoms with Crippen LogP contribution in [0.5, 0.6) is 0 Å². The molecule has 192 valence electrons. The van der Waals surface area contributed by atoms with Gasteiger partial charge in [0, 0.05) is 41.9 Å². The van der Waals surface area contributed by atoms with Gasteiger partial charge in [0.2, 0.25) is 15.9 Å². The van der Waals surface area contributed by atoms with E-state index in [0.717, 1.165) is 20.9 Å². The molecule has 0 spiro atoms. The van der Waals surface area contributed by atoms with E-state index in [9.17, 15) is 17.6 Å². The fourth-order valence-corrected chi connectivity index (χ4v) is 5.36. The first-order valence-electron chi connectivity index (χ1n) is 11.7. The maximum atomic E-state index is 13.3. The smallest absolute Gasteiger partial charge is 0.243 e. The molecule has 0 unspecified atom stereocenters. The zero-order valence-corrected chi connectivity index (χ0v) is 21.5. The van der Waals surface area contributed by atoms with E-state index in [2.05, 4.69) is 15.6 Å². The standard InChI is InChI=1S/C27H26ClFN4O3S/c28-21-9-12-24-25(13-16-31-26(24)17-21)30-14-4-15-32-27(34)19-33(18-20-7-10-22(29)11-8-20)37(35,36)23-5-2-1-3-6-23/h1-3,5-13,16-17H,4,14-15,18-19H2,(H,30,31)(H,32,34). The highest BCUT2D eigenvalue weighted by molar-refractivity contribution is 7.89. The topological polar surface area (TPSA) is 91.4 Å². The highest BCUT2D eigenvalue weighted by atomic mass is 35.5. The second-order valence-corrected chi connectivity index (χ2v) is 10.7. The van der Waals surface area contributed by atoms with Gasteiger partial charge in [-0.3, -0.25) is 9.78 Å². The van der Waals surface area contributed by atoms with Crippen molar-refractivity contribution in [3.8, 4) is 0 Å². The molecule has 1 aromatic heterocycles. The van der Waals surface area contributed by atoms with Gasteiger partial charge >= 0.3 is 0 Å². The van der Waals surface area contributed by atoms with Crippen molar-refractivity contribution in [1.82, 2.24) is 14.6 Å². The first kappa shape index (κ1) is 26.5. The number of rotatable bonds is 11. The van der Waals surface area contributed by atoms with Gasteiger partial charge in [0.05, 0.1) is 17.0 Å². The Labute approximate surface area is 220 Å². The molecule has 10 heteroatoms. The zero-order valence-electron chi connectivity index (χ0n) is 19.9. The average molecular weight is 541 g/mol. The first-order chi connectivity index (χ1) is 17.8. The molecule has 0 bridgehead atoms. The van der Waals surface area contributed by atoms with Crippen molar-refractivity contribution < 1.29 is 17.6 Å². The minimum Gasteiger partial charge on any atom is -0.384 e. The lowest BCUT2D eigenvalue weighted by atomic mass is 10.2. The van der Waals surface area contributed by atoms with E-state index in [1.807, 2.05) is 12.1 Å². The van der Waals surface area contributed by atoms with Crippen LogP contribution in [0.1, 0.15) is 12.0 Å². The molecule has 1 heterocycles. The van der Waals surface area contributed by atoms with Crippen LogP contribution in [0.4, 0.5) is 10.1 Å². The number of carbonyl (C=O) groups is 1. The SMILES string of the molecule is O=C(CN(Cc1ccc(F)cc1)S(=O)(=O)c1ccccc1)NCCCNc1ccnc2cc(Cl)ccc12. The molecule has 0 radical (unpaired) electrons.